The summed E-state index contributed by atoms with van der Waals surface area (Å²) >= 11 is 0. The molecule has 0 spiro atoms. The molecule has 2 atom stereocenters. The topological polar surface area (TPSA) is 76.7 Å². The van der Waals surface area contributed by atoms with Gasteiger partial charge in [0.2, 0.25) is 0 Å². The van der Waals surface area contributed by atoms with E-state index in [-0.39, 0.29) is 6.04 Å². The highest BCUT2D eigenvalue weighted by Gasteiger charge is 2.25. The van der Waals surface area contributed by atoms with Gasteiger partial charge in [-0.25, -0.2) is 0 Å². The molecular weight excluding hydrogens is 296 g/mol. The monoisotopic (exact) mass is 320 g/mol. The van der Waals surface area contributed by atoms with E-state index in [1.54, 1.807) is 18.2 Å². The van der Waals surface area contributed by atoms with Crippen LogP contribution in [0.25, 0.3) is 0 Å². The first kappa shape index (κ1) is 17.1. The Morgan fingerprint density at radius 3 is 2.48 bits per heavy atom. The summed E-state index contributed by atoms with van der Waals surface area (Å²) in [5, 5.41) is 5.42. The molecule has 1 fully saturated rings. The molecule has 23 heavy (non-hydrogen) atoms. The minimum Gasteiger partial charge on any atom is -0.497 e. The Hall–Kier alpha value is -2.24. The Labute approximate surface area is 136 Å². The van der Waals surface area contributed by atoms with Crippen molar-refractivity contribution in [2.75, 3.05) is 19.5 Å². The molecule has 2 amide bonds. The van der Waals surface area contributed by atoms with E-state index in [9.17, 15) is 9.59 Å². The molecular formula is C17H24N2O4. The lowest BCUT2D eigenvalue weighted by Crippen LogP contribution is -2.45. The van der Waals surface area contributed by atoms with Crippen molar-refractivity contribution in [3.63, 3.8) is 0 Å². The van der Waals surface area contributed by atoms with Gasteiger partial charge in [0.1, 0.15) is 11.5 Å². The summed E-state index contributed by atoms with van der Waals surface area (Å²) in [6.07, 6.45) is 4.26. The van der Waals surface area contributed by atoms with Crippen LogP contribution in [-0.4, -0.2) is 32.1 Å². The zero-order chi connectivity index (χ0) is 16.8. The predicted octanol–water partition coefficient (Wildman–Crippen LogP) is 2.34. The van der Waals surface area contributed by atoms with Crippen LogP contribution >= 0.6 is 0 Å². The third-order valence-electron chi connectivity index (χ3n) is 4.29. The third-order valence-corrected chi connectivity index (χ3v) is 4.29. The van der Waals surface area contributed by atoms with E-state index in [4.69, 9.17) is 9.47 Å². The molecule has 1 saturated carbocycles. The number of hydrogen-bond acceptors (Lipinski definition) is 4. The van der Waals surface area contributed by atoms with Crippen LogP contribution in [0.15, 0.2) is 18.2 Å². The Morgan fingerprint density at radius 2 is 1.83 bits per heavy atom. The first-order chi connectivity index (χ1) is 11.0. The van der Waals surface area contributed by atoms with Crippen LogP contribution in [0.1, 0.15) is 32.6 Å². The van der Waals surface area contributed by atoms with E-state index in [1.807, 2.05) is 0 Å². The van der Waals surface area contributed by atoms with Crippen molar-refractivity contribution in [1.29, 1.82) is 0 Å². The van der Waals surface area contributed by atoms with Crippen LogP contribution in [-0.2, 0) is 9.59 Å². The van der Waals surface area contributed by atoms with Crippen LogP contribution in [0.5, 0.6) is 11.5 Å². The zero-order valence-electron chi connectivity index (χ0n) is 13.8. The maximum atomic E-state index is 12.1. The fourth-order valence-electron chi connectivity index (χ4n) is 2.86. The van der Waals surface area contributed by atoms with Gasteiger partial charge in [0, 0.05) is 12.1 Å². The number of amides is 2. The molecule has 1 aliphatic carbocycles. The van der Waals surface area contributed by atoms with Gasteiger partial charge in [-0.15, -0.1) is 0 Å². The third kappa shape index (κ3) is 4.37. The first-order valence-electron chi connectivity index (χ1n) is 7.89. The Bertz CT molecular complexity index is 574. The van der Waals surface area contributed by atoms with Gasteiger partial charge in [0.15, 0.2) is 0 Å². The van der Waals surface area contributed by atoms with Gasteiger partial charge in [-0.05, 0) is 30.9 Å². The number of ether oxygens (including phenoxy) is 2. The SMILES string of the molecule is COc1ccc(OC)c(NC(=O)C(=O)N[C@H]2CCCC[C@@H]2C)c1. The van der Waals surface area contributed by atoms with E-state index in [0.29, 0.717) is 23.1 Å². The molecule has 0 saturated heterocycles. The largest absolute Gasteiger partial charge is 0.497 e. The van der Waals surface area contributed by atoms with Crippen LogP contribution in [0.4, 0.5) is 5.69 Å². The highest BCUT2D eigenvalue weighted by Crippen LogP contribution is 2.29. The molecule has 1 aromatic carbocycles. The molecule has 0 bridgehead atoms. The van der Waals surface area contributed by atoms with Gasteiger partial charge in [0.25, 0.3) is 0 Å². The second-order valence-corrected chi connectivity index (χ2v) is 5.86. The number of hydrogen-bond donors (Lipinski definition) is 2. The van der Waals surface area contributed by atoms with E-state index in [0.717, 1.165) is 19.3 Å². The van der Waals surface area contributed by atoms with Crippen molar-refractivity contribution < 1.29 is 19.1 Å². The van der Waals surface area contributed by atoms with Crippen molar-refractivity contribution in [2.45, 2.75) is 38.6 Å². The van der Waals surface area contributed by atoms with Crippen molar-refractivity contribution in [1.82, 2.24) is 5.32 Å². The lowest BCUT2D eigenvalue weighted by molar-refractivity contribution is -0.137. The maximum absolute atomic E-state index is 12.1. The molecule has 0 aliphatic heterocycles. The number of carbonyl (C=O) groups is 2. The molecule has 126 valence electrons. The molecule has 6 heteroatoms. The predicted molar refractivity (Wildman–Crippen MR) is 87.7 cm³/mol. The van der Waals surface area contributed by atoms with Crippen LogP contribution < -0.4 is 20.1 Å². The molecule has 2 N–H and O–H groups in total. The summed E-state index contributed by atoms with van der Waals surface area (Å²) in [6, 6.07) is 5.08. The fourth-order valence-corrected chi connectivity index (χ4v) is 2.86. The summed E-state index contributed by atoms with van der Waals surface area (Å²) in [6.45, 7) is 2.10. The number of rotatable bonds is 4. The lowest BCUT2D eigenvalue weighted by atomic mass is 9.86. The molecule has 2 rings (SSSR count). The van der Waals surface area contributed by atoms with E-state index >= 15 is 0 Å². The van der Waals surface area contributed by atoms with Crippen LogP contribution in [0.2, 0.25) is 0 Å². The second kappa shape index (κ2) is 7.85. The smallest absolute Gasteiger partial charge is 0.313 e. The molecule has 0 radical (unpaired) electrons. The molecule has 0 unspecified atom stereocenters. The number of methoxy groups -OCH3 is 2. The van der Waals surface area contributed by atoms with Crippen LogP contribution in [0.3, 0.4) is 0 Å². The van der Waals surface area contributed by atoms with Gasteiger partial charge >= 0.3 is 11.8 Å². The zero-order valence-corrected chi connectivity index (χ0v) is 13.8. The van der Waals surface area contributed by atoms with Gasteiger partial charge in [-0.3, -0.25) is 9.59 Å². The van der Waals surface area contributed by atoms with Crippen molar-refractivity contribution in [2.24, 2.45) is 5.92 Å². The van der Waals surface area contributed by atoms with Gasteiger partial charge in [-0.2, -0.15) is 0 Å². The summed E-state index contributed by atoms with van der Waals surface area (Å²) in [5.74, 6) is 0.121. The molecule has 6 nitrogen and oxygen atoms in total. The van der Waals surface area contributed by atoms with Gasteiger partial charge < -0.3 is 20.1 Å². The summed E-state index contributed by atoms with van der Waals surface area (Å²) < 4.78 is 10.3. The number of anilines is 1. The normalized spacial score (nSPS) is 20.5. The molecule has 0 heterocycles. The molecule has 1 aliphatic rings. The van der Waals surface area contributed by atoms with Gasteiger partial charge in [0.05, 0.1) is 19.9 Å². The first-order valence-corrected chi connectivity index (χ1v) is 7.89. The number of nitrogens with one attached hydrogen (secondary N) is 2. The van der Waals surface area contributed by atoms with Crippen molar-refractivity contribution in [3.05, 3.63) is 18.2 Å². The Balaban J connectivity index is 2.01. The molecule has 1 aromatic rings. The van der Waals surface area contributed by atoms with Crippen LogP contribution in [0, 0.1) is 5.92 Å². The summed E-state index contributed by atoms with van der Waals surface area (Å²) in [4.78, 5) is 24.3. The van der Waals surface area contributed by atoms with E-state index in [2.05, 4.69) is 17.6 Å². The highest BCUT2D eigenvalue weighted by atomic mass is 16.5. The average molecular weight is 320 g/mol. The molecule has 0 aromatic heterocycles. The van der Waals surface area contributed by atoms with E-state index < -0.39 is 11.8 Å². The summed E-state index contributed by atoms with van der Waals surface area (Å²) in [7, 11) is 3.03. The summed E-state index contributed by atoms with van der Waals surface area (Å²) in [5.41, 5.74) is 0.406. The minimum absolute atomic E-state index is 0.0641. The standard InChI is InChI=1S/C17H24N2O4/c1-11-6-4-5-7-13(11)18-16(20)17(21)19-14-10-12(22-2)8-9-15(14)23-3/h8-11,13H,4-7H2,1-3H3,(H,18,20)(H,19,21)/t11-,13-/m0/s1. The number of carbonyl (C=O) groups excluding carboxylic acids is 2. The lowest BCUT2D eigenvalue weighted by Gasteiger charge is -2.29. The second-order valence-electron chi connectivity index (χ2n) is 5.86. The van der Waals surface area contributed by atoms with Gasteiger partial charge in [-0.1, -0.05) is 19.8 Å². The highest BCUT2D eigenvalue weighted by molar-refractivity contribution is 6.39. The Morgan fingerprint density at radius 1 is 1.09 bits per heavy atom. The fraction of sp³-hybridized carbons (Fsp3) is 0.529. The maximum Gasteiger partial charge on any atom is 0.313 e. The van der Waals surface area contributed by atoms with E-state index in [1.165, 1.54) is 20.6 Å². The van der Waals surface area contributed by atoms with Crippen molar-refractivity contribution in [3.8, 4) is 11.5 Å². The minimum atomic E-state index is -0.700. The number of benzene rings is 1. The quantitative estimate of drug-likeness (QED) is 0.835. The van der Waals surface area contributed by atoms with Crippen molar-refractivity contribution >= 4 is 17.5 Å². The average Bonchev–Trinajstić information content (AvgIpc) is 2.56. The Kier molecular flexibility index (Phi) is 5.84.